The van der Waals surface area contributed by atoms with Crippen LogP contribution in [0, 0.1) is 6.92 Å². The maximum absolute atomic E-state index is 11.7. The number of nitrogens with one attached hydrogen (secondary N) is 1. The van der Waals surface area contributed by atoms with Gasteiger partial charge >= 0.3 is 0 Å². The van der Waals surface area contributed by atoms with Crippen LogP contribution >= 0.6 is 11.3 Å². The number of hydrogen-bond acceptors (Lipinski definition) is 2. The van der Waals surface area contributed by atoms with Crippen molar-refractivity contribution in [2.24, 2.45) is 0 Å². The molecule has 1 amide bonds. The maximum Gasteiger partial charge on any atom is 0.261 e. The number of hydrogen-bond donors (Lipinski definition) is 1. The van der Waals surface area contributed by atoms with Crippen molar-refractivity contribution in [3.05, 3.63) is 33.5 Å². The molecular formula is C12H17NOS. The second-order valence-electron chi connectivity index (χ2n) is 3.71. The van der Waals surface area contributed by atoms with Crippen molar-refractivity contribution in [1.82, 2.24) is 5.32 Å². The Morgan fingerprint density at radius 1 is 1.60 bits per heavy atom. The van der Waals surface area contributed by atoms with E-state index in [1.54, 1.807) is 11.3 Å². The monoisotopic (exact) mass is 223 g/mol. The summed E-state index contributed by atoms with van der Waals surface area (Å²) in [6.45, 7) is 10.4. The molecule has 0 aliphatic heterocycles. The van der Waals surface area contributed by atoms with Crippen molar-refractivity contribution in [3.8, 4) is 0 Å². The van der Waals surface area contributed by atoms with Gasteiger partial charge in [-0.1, -0.05) is 19.1 Å². The lowest BCUT2D eigenvalue weighted by Crippen LogP contribution is -2.23. The fourth-order valence-corrected chi connectivity index (χ4v) is 2.33. The number of carbonyl (C=O) groups excluding carboxylic acids is 1. The van der Waals surface area contributed by atoms with Gasteiger partial charge in [0.05, 0.1) is 4.88 Å². The van der Waals surface area contributed by atoms with E-state index in [1.807, 2.05) is 19.9 Å². The van der Waals surface area contributed by atoms with Crippen LogP contribution in [0.5, 0.6) is 0 Å². The molecule has 0 aliphatic carbocycles. The predicted octanol–water partition coefficient (Wildman–Crippen LogP) is 2.92. The smallest absolute Gasteiger partial charge is 0.261 e. The Labute approximate surface area is 95.0 Å². The van der Waals surface area contributed by atoms with Gasteiger partial charge in [0.2, 0.25) is 0 Å². The number of carbonyl (C=O) groups is 1. The average Bonchev–Trinajstić information content (AvgIpc) is 2.56. The summed E-state index contributed by atoms with van der Waals surface area (Å²) in [6.07, 6.45) is 0.990. The number of aryl methyl sites for hydroxylation is 2. The van der Waals surface area contributed by atoms with Crippen LogP contribution in [0.15, 0.2) is 18.2 Å². The molecule has 0 radical (unpaired) electrons. The van der Waals surface area contributed by atoms with E-state index in [4.69, 9.17) is 0 Å². The molecule has 0 aliphatic rings. The Morgan fingerprint density at radius 2 is 2.27 bits per heavy atom. The third-order valence-corrected chi connectivity index (χ3v) is 3.50. The quantitative estimate of drug-likeness (QED) is 0.781. The van der Waals surface area contributed by atoms with Gasteiger partial charge in [-0.3, -0.25) is 4.79 Å². The molecule has 0 unspecified atom stereocenters. The molecule has 82 valence electrons. The molecule has 2 nitrogen and oxygen atoms in total. The molecule has 15 heavy (non-hydrogen) atoms. The van der Waals surface area contributed by atoms with Gasteiger partial charge in [0.15, 0.2) is 0 Å². The molecule has 0 saturated carbocycles. The largest absolute Gasteiger partial charge is 0.348 e. The Kier molecular flexibility index (Phi) is 4.09. The van der Waals surface area contributed by atoms with Crippen molar-refractivity contribution in [1.29, 1.82) is 0 Å². The molecule has 1 N–H and O–H groups in total. The van der Waals surface area contributed by atoms with E-state index < -0.39 is 0 Å². The molecule has 1 heterocycles. The van der Waals surface area contributed by atoms with Crippen LogP contribution in [0.1, 0.15) is 34.0 Å². The highest BCUT2D eigenvalue weighted by Gasteiger charge is 2.10. The van der Waals surface area contributed by atoms with Crippen molar-refractivity contribution < 1.29 is 4.79 Å². The zero-order valence-electron chi connectivity index (χ0n) is 9.52. The third kappa shape index (κ3) is 3.20. The first-order chi connectivity index (χ1) is 7.04. The van der Waals surface area contributed by atoms with Crippen LogP contribution in [-0.2, 0) is 6.42 Å². The summed E-state index contributed by atoms with van der Waals surface area (Å²) in [5.41, 5.74) is 2.18. The summed E-state index contributed by atoms with van der Waals surface area (Å²) in [5.74, 6) is 0.00537. The highest BCUT2D eigenvalue weighted by Crippen LogP contribution is 2.22. The summed E-state index contributed by atoms with van der Waals surface area (Å²) in [6, 6.07) is 1.96. The van der Waals surface area contributed by atoms with Gasteiger partial charge in [-0.15, -0.1) is 11.3 Å². The van der Waals surface area contributed by atoms with Crippen LogP contribution < -0.4 is 5.32 Å². The van der Waals surface area contributed by atoms with Crippen LogP contribution in [0.4, 0.5) is 0 Å². The number of amides is 1. The van der Waals surface area contributed by atoms with Gasteiger partial charge in [-0.2, -0.15) is 0 Å². The van der Waals surface area contributed by atoms with E-state index in [0.717, 1.165) is 16.9 Å². The SMILES string of the molecule is C=C(C)CNC(=O)c1cc(C)c(CC)s1. The zero-order valence-corrected chi connectivity index (χ0v) is 10.3. The van der Waals surface area contributed by atoms with Crippen molar-refractivity contribution in [2.45, 2.75) is 27.2 Å². The van der Waals surface area contributed by atoms with Crippen LogP contribution in [0.3, 0.4) is 0 Å². The van der Waals surface area contributed by atoms with Gasteiger partial charge in [-0.05, 0) is 31.9 Å². The number of thiophene rings is 1. The summed E-state index contributed by atoms with van der Waals surface area (Å²) >= 11 is 1.58. The Morgan fingerprint density at radius 3 is 2.73 bits per heavy atom. The Balaban J connectivity index is 2.69. The Bertz CT molecular complexity index is 379. The average molecular weight is 223 g/mol. The minimum Gasteiger partial charge on any atom is -0.348 e. The molecular weight excluding hydrogens is 206 g/mol. The summed E-state index contributed by atoms with van der Waals surface area (Å²) in [7, 11) is 0. The zero-order chi connectivity index (χ0) is 11.4. The normalized spacial score (nSPS) is 10.1. The lowest BCUT2D eigenvalue weighted by molar-refractivity contribution is 0.0961. The number of rotatable bonds is 4. The highest BCUT2D eigenvalue weighted by atomic mass is 32.1. The molecule has 0 saturated heterocycles. The summed E-state index contributed by atoms with van der Waals surface area (Å²) < 4.78 is 0. The molecule has 0 bridgehead atoms. The summed E-state index contributed by atoms with van der Waals surface area (Å²) in [5, 5.41) is 2.83. The lowest BCUT2D eigenvalue weighted by Gasteiger charge is -2.01. The van der Waals surface area contributed by atoms with Crippen LogP contribution in [-0.4, -0.2) is 12.5 Å². The van der Waals surface area contributed by atoms with E-state index in [0.29, 0.717) is 6.54 Å². The highest BCUT2D eigenvalue weighted by molar-refractivity contribution is 7.14. The van der Waals surface area contributed by atoms with Crippen LogP contribution in [0.25, 0.3) is 0 Å². The Hall–Kier alpha value is -1.09. The lowest BCUT2D eigenvalue weighted by atomic mass is 10.2. The fraction of sp³-hybridized carbons (Fsp3) is 0.417. The first kappa shape index (κ1) is 12.0. The van der Waals surface area contributed by atoms with Gasteiger partial charge in [0.1, 0.15) is 0 Å². The second-order valence-corrected chi connectivity index (χ2v) is 4.85. The molecule has 1 aromatic rings. The molecule has 1 aromatic heterocycles. The standard InChI is InChI=1S/C12H17NOS/c1-5-10-9(4)6-11(15-10)12(14)13-7-8(2)3/h6H,2,5,7H2,1,3-4H3,(H,13,14). The van der Waals surface area contributed by atoms with Crippen LogP contribution in [0.2, 0.25) is 0 Å². The third-order valence-electron chi connectivity index (χ3n) is 2.12. The van der Waals surface area contributed by atoms with Crippen molar-refractivity contribution in [2.75, 3.05) is 6.54 Å². The molecule has 0 atom stereocenters. The molecule has 0 aromatic carbocycles. The van der Waals surface area contributed by atoms with Gasteiger partial charge < -0.3 is 5.32 Å². The topological polar surface area (TPSA) is 29.1 Å². The second kappa shape index (κ2) is 5.12. The van der Waals surface area contributed by atoms with E-state index in [2.05, 4.69) is 18.8 Å². The predicted molar refractivity (Wildman–Crippen MR) is 65.6 cm³/mol. The minimum absolute atomic E-state index is 0.00537. The van der Waals surface area contributed by atoms with Crippen molar-refractivity contribution >= 4 is 17.2 Å². The van der Waals surface area contributed by atoms with Gasteiger partial charge in [0, 0.05) is 11.4 Å². The molecule has 0 spiro atoms. The summed E-state index contributed by atoms with van der Waals surface area (Å²) in [4.78, 5) is 13.8. The first-order valence-electron chi connectivity index (χ1n) is 5.06. The van der Waals surface area contributed by atoms with E-state index >= 15 is 0 Å². The fourth-order valence-electron chi connectivity index (χ4n) is 1.30. The maximum atomic E-state index is 11.7. The first-order valence-corrected chi connectivity index (χ1v) is 5.88. The van der Waals surface area contributed by atoms with E-state index in [1.165, 1.54) is 10.4 Å². The van der Waals surface area contributed by atoms with Gasteiger partial charge in [-0.25, -0.2) is 0 Å². The molecule has 0 fully saturated rings. The molecule has 3 heteroatoms. The van der Waals surface area contributed by atoms with E-state index in [-0.39, 0.29) is 5.91 Å². The van der Waals surface area contributed by atoms with E-state index in [9.17, 15) is 4.79 Å². The molecule has 1 rings (SSSR count). The van der Waals surface area contributed by atoms with Gasteiger partial charge in [0.25, 0.3) is 5.91 Å². The minimum atomic E-state index is 0.00537. The van der Waals surface area contributed by atoms with Crippen molar-refractivity contribution in [3.63, 3.8) is 0 Å².